The Morgan fingerprint density at radius 3 is 2.63 bits per heavy atom. The number of imidazole rings is 1. The number of aromatic nitrogens is 2. The molecule has 0 aliphatic heterocycles. The van der Waals surface area contributed by atoms with Gasteiger partial charge >= 0.3 is 5.97 Å². The first-order valence-electron chi connectivity index (χ1n) is 5.70. The summed E-state index contributed by atoms with van der Waals surface area (Å²) in [5.41, 5.74) is 7.07. The maximum absolute atomic E-state index is 11.5. The fourth-order valence-electron chi connectivity index (χ4n) is 1.84. The van der Waals surface area contributed by atoms with Crippen LogP contribution in [0.5, 0.6) is 0 Å². The third-order valence-corrected chi connectivity index (χ3v) is 3.23. The van der Waals surface area contributed by atoms with E-state index < -0.39 is 5.97 Å². The summed E-state index contributed by atoms with van der Waals surface area (Å²) in [7, 11) is 1.30. The van der Waals surface area contributed by atoms with Crippen LogP contribution < -0.4 is 5.73 Å². The second kappa shape index (κ2) is 5.32. The molecule has 0 radical (unpaired) electrons. The van der Waals surface area contributed by atoms with E-state index in [1.165, 1.54) is 13.4 Å². The number of carbonyl (C=O) groups is 1. The van der Waals surface area contributed by atoms with Gasteiger partial charge in [-0.1, -0.05) is 23.7 Å². The second-order valence-electron chi connectivity index (χ2n) is 4.10. The van der Waals surface area contributed by atoms with Crippen LogP contribution in [0.3, 0.4) is 0 Å². The standard InChI is InChI=1S/C13H14ClN3O2/c1-8(9-3-5-10(14)6-4-9)17-7-16-11(12(17)15)13(18)19-2/h3-8H,15H2,1-2H3. The first-order valence-corrected chi connectivity index (χ1v) is 6.08. The molecule has 100 valence electrons. The molecule has 5 nitrogen and oxygen atoms in total. The van der Waals surface area contributed by atoms with Gasteiger partial charge in [0.1, 0.15) is 5.82 Å². The average molecular weight is 280 g/mol. The number of hydrogen-bond donors (Lipinski definition) is 1. The van der Waals surface area contributed by atoms with Gasteiger partial charge in [0.15, 0.2) is 5.69 Å². The van der Waals surface area contributed by atoms with Crippen molar-refractivity contribution in [2.75, 3.05) is 12.8 Å². The van der Waals surface area contributed by atoms with Crippen LogP contribution >= 0.6 is 11.6 Å². The lowest BCUT2D eigenvalue weighted by Gasteiger charge is -2.15. The number of rotatable bonds is 3. The normalized spacial score (nSPS) is 12.2. The van der Waals surface area contributed by atoms with Crippen LogP contribution in [-0.2, 0) is 4.74 Å². The Morgan fingerprint density at radius 2 is 2.05 bits per heavy atom. The molecule has 6 heteroatoms. The molecule has 1 aromatic carbocycles. The second-order valence-corrected chi connectivity index (χ2v) is 4.54. The molecule has 2 aromatic rings. The molecule has 1 heterocycles. The van der Waals surface area contributed by atoms with E-state index in [1.807, 2.05) is 31.2 Å². The summed E-state index contributed by atoms with van der Waals surface area (Å²) in [4.78, 5) is 15.4. The first kappa shape index (κ1) is 13.4. The number of carbonyl (C=O) groups excluding carboxylic acids is 1. The first-order chi connectivity index (χ1) is 9.04. The van der Waals surface area contributed by atoms with Gasteiger partial charge in [-0.05, 0) is 24.6 Å². The van der Waals surface area contributed by atoms with E-state index in [2.05, 4.69) is 9.72 Å². The van der Waals surface area contributed by atoms with Crippen LogP contribution in [0.4, 0.5) is 5.82 Å². The fourth-order valence-corrected chi connectivity index (χ4v) is 1.96. The summed E-state index contributed by atoms with van der Waals surface area (Å²) in [5, 5.41) is 0.671. The third kappa shape index (κ3) is 2.56. The Labute approximate surface area is 116 Å². The van der Waals surface area contributed by atoms with Crippen molar-refractivity contribution in [2.45, 2.75) is 13.0 Å². The largest absolute Gasteiger partial charge is 0.464 e. The van der Waals surface area contributed by atoms with Crippen molar-refractivity contribution < 1.29 is 9.53 Å². The highest BCUT2D eigenvalue weighted by molar-refractivity contribution is 6.30. The molecule has 2 N–H and O–H groups in total. The summed E-state index contributed by atoms with van der Waals surface area (Å²) >= 11 is 5.85. The SMILES string of the molecule is COC(=O)c1ncn(C(C)c2ccc(Cl)cc2)c1N. The lowest BCUT2D eigenvalue weighted by molar-refractivity contribution is 0.0596. The number of anilines is 1. The number of methoxy groups -OCH3 is 1. The number of nitrogens with two attached hydrogens (primary N) is 1. The van der Waals surface area contributed by atoms with E-state index in [4.69, 9.17) is 17.3 Å². The Hall–Kier alpha value is -2.01. The molecule has 1 atom stereocenters. The molecule has 0 aliphatic rings. The van der Waals surface area contributed by atoms with E-state index in [-0.39, 0.29) is 17.6 Å². The monoisotopic (exact) mass is 279 g/mol. The van der Waals surface area contributed by atoms with Crippen LogP contribution in [0, 0.1) is 0 Å². The quantitative estimate of drug-likeness (QED) is 0.877. The predicted molar refractivity (Wildman–Crippen MR) is 73.2 cm³/mol. The summed E-state index contributed by atoms with van der Waals surface area (Å²) in [6, 6.07) is 7.38. The molecule has 0 saturated carbocycles. The van der Waals surface area contributed by atoms with Gasteiger partial charge in [0.05, 0.1) is 19.5 Å². The summed E-state index contributed by atoms with van der Waals surface area (Å²) in [6.07, 6.45) is 1.53. The van der Waals surface area contributed by atoms with Crippen molar-refractivity contribution in [1.29, 1.82) is 0 Å². The van der Waals surface area contributed by atoms with E-state index in [1.54, 1.807) is 4.57 Å². The zero-order valence-electron chi connectivity index (χ0n) is 10.6. The fraction of sp³-hybridized carbons (Fsp3) is 0.231. The number of esters is 1. The zero-order valence-corrected chi connectivity index (χ0v) is 11.4. The average Bonchev–Trinajstić information content (AvgIpc) is 2.80. The van der Waals surface area contributed by atoms with Gasteiger partial charge in [-0.3, -0.25) is 0 Å². The molecule has 2 rings (SSSR count). The topological polar surface area (TPSA) is 70.1 Å². The van der Waals surface area contributed by atoms with E-state index in [0.29, 0.717) is 5.02 Å². The van der Waals surface area contributed by atoms with Crippen molar-refractivity contribution in [3.63, 3.8) is 0 Å². The van der Waals surface area contributed by atoms with Gasteiger partial charge in [-0.2, -0.15) is 0 Å². The number of nitrogen functional groups attached to an aromatic ring is 1. The number of hydrogen-bond acceptors (Lipinski definition) is 4. The highest BCUT2D eigenvalue weighted by Gasteiger charge is 2.19. The molecule has 1 unspecified atom stereocenters. The molecule has 0 aliphatic carbocycles. The van der Waals surface area contributed by atoms with Crippen LogP contribution in [0.25, 0.3) is 0 Å². The maximum Gasteiger partial charge on any atom is 0.360 e. The van der Waals surface area contributed by atoms with Crippen LogP contribution in [0.1, 0.15) is 29.0 Å². The molecule has 0 bridgehead atoms. The smallest absolute Gasteiger partial charge is 0.360 e. The lowest BCUT2D eigenvalue weighted by Crippen LogP contribution is -2.11. The lowest BCUT2D eigenvalue weighted by atomic mass is 10.1. The van der Waals surface area contributed by atoms with E-state index in [0.717, 1.165) is 5.56 Å². The summed E-state index contributed by atoms with van der Waals surface area (Å²) in [6.45, 7) is 1.96. The van der Waals surface area contributed by atoms with Crippen molar-refractivity contribution >= 4 is 23.4 Å². The number of nitrogens with zero attached hydrogens (tertiary/aromatic N) is 2. The number of ether oxygens (including phenoxy) is 1. The van der Waals surface area contributed by atoms with Crippen LogP contribution in [0.2, 0.25) is 5.02 Å². The van der Waals surface area contributed by atoms with Crippen molar-refractivity contribution in [3.8, 4) is 0 Å². The minimum absolute atomic E-state index is 0.0526. The van der Waals surface area contributed by atoms with Crippen molar-refractivity contribution in [3.05, 3.63) is 46.9 Å². The Balaban J connectivity index is 2.34. The molecular formula is C13H14ClN3O2. The van der Waals surface area contributed by atoms with Gasteiger partial charge in [0.25, 0.3) is 0 Å². The highest BCUT2D eigenvalue weighted by Crippen LogP contribution is 2.24. The Kier molecular flexibility index (Phi) is 3.76. The van der Waals surface area contributed by atoms with E-state index in [9.17, 15) is 4.79 Å². The van der Waals surface area contributed by atoms with E-state index >= 15 is 0 Å². The molecular weight excluding hydrogens is 266 g/mol. The highest BCUT2D eigenvalue weighted by atomic mass is 35.5. The molecule has 1 aromatic heterocycles. The Bertz CT molecular complexity index is 592. The Morgan fingerprint density at radius 1 is 1.42 bits per heavy atom. The zero-order chi connectivity index (χ0) is 14.0. The summed E-state index contributed by atoms with van der Waals surface area (Å²) in [5.74, 6) is -0.256. The molecule has 0 fully saturated rings. The number of halogens is 1. The molecule has 0 amide bonds. The van der Waals surface area contributed by atoms with Crippen molar-refractivity contribution in [2.24, 2.45) is 0 Å². The minimum atomic E-state index is -0.542. The molecule has 19 heavy (non-hydrogen) atoms. The van der Waals surface area contributed by atoms with Crippen LogP contribution in [0.15, 0.2) is 30.6 Å². The van der Waals surface area contributed by atoms with Gasteiger partial charge in [-0.15, -0.1) is 0 Å². The third-order valence-electron chi connectivity index (χ3n) is 2.98. The minimum Gasteiger partial charge on any atom is -0.464 e. The van der Waals surface area contributed by atoms with Gasteiger partial charge < -0.3 is 15.0 Å². The predicted octanol–water partition coefficient (Wildman–Crippen LogP) is 2.51. The maximum atomic E-state index is 11.5. The summed E-state index contributed by atoms with van der Waals surface area (Å²) < 4.78 is 6.34. The number of benzene rings is 1. The van der Waals surface area contributed by atoms with Crippen molar-refractivity contribution in [1.82, 2.24) is 9.55 Å². The van der Waals surface area contributed by atoms with Gasteiger partial charge in [-0.25, -0.2) is 9.78 Å². The molecule has 0 saturated heterocycles. The van der Waals surface area contributed by atoms with Gasteiger partial charge in [0.2, 0.25) is 0 Å². The van der Waals surface area contributed by atoms with Gasteiger partial charge in [0, 0.05) is 5.02 Å². The van der Waals surface area contributed by atoms with Crippen LogP contribution in [-0.4, -0.2) is 22.6 Å². The molecule has 0 spiro atoms.